The second-order valence-electron chi connectivity index (χ2n) is 7.89. The van der Waals surface area contributed by atoms with E-state index in [0.29, 0.717) is 18.5 Å². The Labute approximate surface area is 154 Å². The minimum Gasteiger partial charge on any atom is -0.463 e. The van der Waals surface area contributed by atoms with E-state index >= 15 is 0 Å². The zero-order valence-corrected chi connectivity index (χ0v) is 15.8. The lowest BCUT2D eigenvalue weighted by atomic mass is 9.78. The molecule has 0 saturated heterocycles. The Kier molecular flexibility index (Phi) is 4.72. The summed E-state index contributed by atoms with van der Waals surface area (Å²) in [6.45, 7) is 5.26. The zero-order valence-electron chi connectivity index (χ0n) is 15.0. The molecule has 0 radical (unpaired) electrons. The van der Waals surface area contributed by atoms with Crippen molar-refractivity contribution >= 4 is 11.6 Å². The number of aromatic nitrogens is 3. The largest absolute Gasteiger partial charge is 0.463 e. The fourth-order valence-corrected chi connectivity index (χ4v) is 4.61. The first-order chi connectivity index (χ1) is 12.1. The van der Waals surface area contributed by atoms with E-state index in [2.05, 4.69) is 34.7 Å². The van der Waals surface area contributed by atoms with Gasteiger partial charge in [-0.15, -0.1) is 5.10 Å². The molecule has 4 nitrogen and oxygen atoms in total. The molecule has 1 aromatic carbocycles. The van der Waals surface area contributed by atoms with Crippen molar-refractivity contribution in [2.24, 2.45) is 11.8 Å². The third-order valence-electron chi connectivity index (χ3n) is 5.56. The van der Waals surface area contributed by atoms with Gasteiger partial charge >= 0.3 is 6.01 Å². The highest BCUT2D eigenvalue weighted by molar-refractivity contribution is 6.30. The maximum Gasteiger partial charge on any atom is 0.321 e. The summed E-state index contributed by atoms with van der Waals surface area (Å²) in [6.07, 6.45) is 7.16. The third kappa shape index (κ3) is 3.41. The average molecular weight is 360 g/mol. The molecular formula is C20H26ClN3O. The van der Waals surface area contributed by atoms with Gasteiger partial charge in [-0.25, -0.2) is 4.57 Å². The van der Waals surface area contributed by atoms with Gasteiger partial charge in [-0.05, 0) is 67.7 Å². The monoisotopic (exact) mass is 359 g/mol. The van der Waals surface area contributed by atoms with E-state index in [1.165, 1.54) is 37.7 Å². The molecule has 1 aromatic heterocycles. The van der Waals surface area contributed by atoms with Crippen LogP contribution >= 0.6 is 11.6 Å². The molecule has 2 heterocycles. The number of rotatable bonds is 3. The first-order valence-electron chi connectivity index (χ1n) is 9.48. The van der Waals surface area contributed by atoms with Gasteiger partial charge in [-0.3, -0.25) is 0 Å². The summed E-state index contributed by atoms with van der Waals surface area (Å²) in [6, 6.07) is 6.69. The van der Waals surface area contributed by atoms with Crippen molar-refractivity contribution in [3.05, 3.63) is 34.6 Å². The van der Waals surface area contributed by atoms with Gasteiger partial charge in [0, 0.05) is 17.4 Å². The van der Waals surface area contributed by atoms with Gasteiger partial charge in [-0.1, -0.05) is 30.5 Å². The molecular weight excluding hydrogens is 334 g/mol. The lowest BCUT2D eigenvalue weighted by Gasteiger charge is -2.29. The highest BCUT2D eigenvalue weighted by atomic mass is 35.5. The molecule has 2 aromatic rings. The van der Waals surface area contributed by atoms with Gasteiger partial charge in [-0.2, -0.15) is 0 Å². The lowest BCUT2D eigenvalue weighted by molar-refractivity contribution is 0.274. The SMILES string of the molecule is CC(C)CC1CCC(c2nnc3n2-c2ccc(Cl)cc2CCO3)CC1. The van der Waals surface area contributed by atoms with Crippen LogP contribution in [0.1, 0.15) is 63.3 Å². The molecule has 1 aliphatic heterocycles. The molecule has 5 heteroatoms. The minimum absolute atomic E-state index is 0.467. The van der Waals surface area contributed by atoms with Crippen LogP contribution in [0, 0.1) is 11.8 Å². The van der Waals surface area contributed by atoms with Crippen molar-refractivity contribution in [3.63, 3.8) is 0 Å². The summed E-state index contributed by atoms with van der Waals surface area (Å²) >= 11 is 6.20. The molecule has 0 unspecified atom stereocenters. The topological polar surface area (TPSA) is 39.9 Å². The highest BCUT2D eigenvalue weighted by Gasteiger charge is 2.30. The van der Waals surface area contributed by atoms with E-state index in [9.17, 15) is 0 Å². The first-order valence-corrected chi connectivity index (χ1v) is 9.86. The van der Waals surface area contributed by atoms with Crippen LogP contribution in [-0.4, -0.2) is 21.4 Å². The number of fused-ring (bicyclic) bond motifs is 3. The van der Waals surface area contributed by atoms with Gasteiger partial charge in [0.15, 0.2) is 0 Å². The predicted octanol–water partition coefficient (Wildman–Crippen LogP) is 5.18. The molecule has 1 aliphatic carbocycles. The highest BCUT2D eigenvalue weighted by Crippen LogP contribution is 2.40. The van der Waals surface area contributed by atoms with Gasteiger partial charge in [0.05, 0.1) is 12.3 Å². The fourth-order valence-electron chi connectivity index (χ4n) is 4.41. The number of benzene rings is 1. The second-order valence-corrected chi connectivity index (χ2v) is 8.33. The standard InChI is InChI=1S/C20H26ClN3O/c1-13(2)11-14-3-5-15(6-4-14)19-22-23-20-24(19)18-8-7-17(21)12-16(18)9-10-25-20/h7-8,12-15H,3-6,9-11H2,1-2H3. The Balaban J connectivity index is 1.62. The van der Waals surface area contributed by atoms with E-state index in [1.807, 2.05) is 12.1 Å². The summed E-state index contributed by atoms with van der Waals surface area (Å²) in [5.41, 5.74) is 2.34. The van der Waals surface area contributed by atoms with Crippen LogP contribution in [0.5, 0.6) is 6.01 Å². The Morgan fingerprint density at radius 2 is 2.00 bits per heavy atom. The number of hydrogen-bond donors (Lipinski definition) is 0. The smallest absolute Gasteiger partial charge is 0.321 e. The Morgan fingerprint density at radius 1 is 1.20 bits per heavy atom. The van der Waals surface area contributed by atoms with Crippen molar-refractivity contribution in [1.82, 2.24) is 14.8 Å². The maximum atomic E-state index is 6.20. The van der Waals surface area contributed by atoms with Crippen LogP contribution in [0.15, 0.2) is 18.2 Å². The molecule has 4 rings (SSSR count). The molecule has 2 aliphatic rings. The van der Waals surface area contributed by atoms with Gasteiger partial charge in [0.1, 0.15) is 5.82 Å². The van der Waals surface area contributed by atoms with E-state index in [-0.39, 0.29) is 0 Å². The Morgan fingerprint density at radius 3 is 2.76 bits per heavy atom. The number of halogens is 1. The summed E-state index contributed by atoms with van der Waals surface area (Å²) in [7, 11) is 0. The molecule has 134 valence electrons. The molecule has 25 heavy (non-hydrogen) atoms. The number of nitrogens with zero attached hydrogens (tertiary/aromatic N) is 3. The zero-order chi connectivity index (χ0) is 17.4. The van der Waals surface area contributed by atoms with Crippen molar-refractivity contribution in [2.45, 2.75) is 58.3 Å². The third-order valence-corrected chi connectivity index (χ3v) is 5.80. The summed E-state index contributed by atoms with van der Waals surface area (Å²) in [5.74, 6) is 3.18. The molecule has 0 amide bonds. The van der Waals surface area contributed by atoms with Crippen LogP contribution < -0.4 is 4.74 Å². The summed E-state index contributed by atoms with van der Waals surface area (Å²) in [4.78, 5) is 0. The van der Waals surface area contributed by atoms with Crippen LogP contribution in [0.3, 0.4) is 0 Å². The maximum absolute atomic E-state index is 6.20. The van der Waals surface area contributed by atoms with Crippen molar-refractivity contribution in [3.8, 4) is 11.7 Å². The molecule has 0 atom stereocenters. The number of ether oxygens (including phenoxy) is 1. The molecule has 0 spiro atoms. The van der Waals surface area contributed by atoms with E-state index in [1.54, 1.807) is 0 Å². The molecule has 1 saturated carbocycles. The molecule has 0 N–H and O–H groups in total. The van der Waals surface area contributed by atoms with Crippen molar-refractivity contribution in [2.75, 3.05) is 6.61 Å². The van der Waals surface area contributed by atoms with E-state index in [0.717, 1.165) is 34.8 Å². The first kappa shape index (κ1) is 16.9. The van der Waals surface area contributed by atoms with E-state index in [4.69, 9.17) is 16.3 Å². The van der Waals surface area contributed by atoms with Gasteiger partial charge in [0.2, 0.25) is 0 Å². The normalized spacial score (nSPS) is 22.9. The minimum atomic E-state index is 0.467. The van der Waals surface area contributed by atoms with Gasteiger partial charge in [0.25, 0.3) is 0 Å². The summed E-state index contributed by atoms with van der Waals surface area (Å²) < 4.78 is 7.99. The van der Waals surface area contributed by atoms with Crippen LogP contribution in [0.4, 0.5) is 0 Å². The average Bonchev–Trinajstić information content (AvgIpc) is 2.91. The number of hydrogen-bond acceptors (Lipinski definition) is 3. The van der Waals surface area contributed by atoms with Crippen molar-refractivity contribution in [1.29, 1.82) is 0 Å². The van der Waals surface area contributed by atoms with Crippen LogP contribution in [-0.2, 0) is 6.42 Å². The molecule has 1 fully saturated rings. The quantitative estimate of drug-likeness (QED) is 0.758. The predicted molar refractivity (Wildman–Crippen MR) is 99.7 cm³/mol. The van der Waals surface area contributed by atoms with Gasteiger partial charge < -0.3 is 4.74 Å². The fraction of sp³-hybridized carbons (Fsp3) is 0.600. The summed E-state index contributed by atoms with van der Waals surface area (Å²) in [5, 5.41) is 9.63. The van der Waals surface area contributed by atoms with Crippen LogP contribution in [0.25, 0.3) is 5.69 Å². The Hall–Kier alpha value is -1.55. The second kappa shape index (κ2) is 6.99. The molecule has 0 bridgehead atoms. The lowest BCUT2D eigenvalue weighted by Crippen LogP contribution is -2.18. The Bertz CT molecular complexity index is 747. The van der Waals surface area contributed by atoms with Crippen LogP contribution in [0.2, 0.25) is 5.02 Å². The van der Waals surface area contributed by atoms with Crippen molar-refractivity contribution < 1.29 is 4.74 Å². The van der Waals surface area contributed by atoms with E-state index < -0.39 is 0 Å².